The average Bonchev–Trinajstić information content (AvgIpc) is 3.31. The van der Waals surface area contributed by atoms with Gasteiger partial charge in [0.15, 0.2) is 16.8 Å². The number of ketones is 1. The second-order valence-electron chi connectivity index (χ2n) is 6.44. The zero-order valence-corrected chi connectivity index (χ0v) is 16.2. The molecule has 2 N–H and O–H groups in total. The highest BCUT2D eigenvalue weighted by Gasteiger charge is 2.23. The van der Waals surface area contributed by atoms with Gasteiger partial charge in [-0.25, -0.2) is 4.39 Å². The number of hydrogen-bond acceptors (Lipinski definition) is 7. The maximum absolute atomic E-state index is 13.3. The molecular formula is C19H20FN5O2S. The van der Waals surface area contributed by atoms with Gasteiger partial charge in [0.1, 0.15) is 17.5 Å². The zero-order chi connectivity index (χ0) is 20.1. The maximum atomic E-state index is 13.3. The molecule has 3 rings (SSSR count). The van der Waals surface area contributed by atoms with Gasteiger partial charge in [-0.15, -0.1) is 10.2 Å². The number of Topliss-reactive ketones (excluding diaryl/α,β-unsaturated/α-hetero) is 1. The van der Waals surface area contributed by atoms with Gasteiger partial charge in [0.25, 0.3) is 0 Å². The first-order valence-corrected chi connectivity index (χ1v) is 9.81. The van der Waals surface area contributed by atoms with Gasteiger partial charge in [-0.05, 0) is 44.0 Å². The van der Waals surface area contributed by atoms with Crippen LogP contribution in [0.3, 0.4) is 0 Å². The molecule has 1 aromatic carbocycles. The highest BCUT2D eigenvalue weighted by molar-refractivity contribution is 7.99. The molecule has 1 unspecified atom stereocenters. The summed E-state index contributed by atoms with van der Waals surface area (Å²) in [5, 5.41) is 18.1. The van der Waals surface area contributed by atoms with E-state index in [-0.39, 0.29) is 34.7 Å². The molecule has 0 saturated carbocycles. The van der Waals surface area contributed by atoms with Crippen LogP contribution in [-0.2, 0) is 16.1 Å². The largest absolute Gasteiger partial charge is 0.401 e. The Labute approximate surface area is 166 Å². The average molecular weight is 401 g/mol. The fourth-order valence-electron chi connectivity index (χ4n) is 2.94. The van der Waals surface area contributed by atoms with Gasteiger partial charge in [-0.1, -0.05) is 11.8 Å². The normalized spacial score (nSPS) is 17.2. The molecule has 9 heteroatoms. The van der Waals surface area contributed by atoms with Crippen LogP contribution >= 0.6 is 11.8 Å². The number of ether oxygens (including phenoxy) is 1. The number of nitriles is 1. The minimum Gasteiger partial charge on any atom is -0.401 e. The maximum Gasteiger partial charge on any atom is 0.192 e. The summed E-state index contributed by atoms with van der Waals surface area (Å²) in [5.74, 6) is -0.0917. The summed E-state index contributed by atoms with van der Waals surface area (Å²) < 4.78 is 20.9. The fourth-order valence-corrected chi connectivity index (χ4v) is 3.76. The van der Waals surface area contributed by atoms with E-state index in [1.807, 2.05) is 10.6 Å². The lowest BCUT2D eigenvalue weighted by molar-refractivity contribution is -0.112. The third-order valence-corrected chi connectivity index (χ3v) is 5.31. The Hall–Kier alpha value is -2.70. The Kier molecular flexibility index (Phi) is 6.44. The van der Waals surface area contributed by atoms with Crippen molar-refractivity contribution in [1.82, 2.24) is 14.8 Å². The van der Waals surface area contributed by atoms with Crippen molar-refractivity contribution in [2.75, 3.05) is 12.4 Å². The summed E-state index contributed by atoms with van der Waals surface area (Å²) in [6.07, 6.45) is 1.95. The van der Waals surface area contributed by atoms with Crippen LogP contribution in [0.4, 0.5) is 4.39 Å². The number of benzene rings is 1. The van der Waals surface area contributed by atoms with Crippen LogP contribution in [0.15, 0.2) is 40.7 Å². The van der Waals surface area contributed by atoms with E-state index < -0.39 is 0 Å². The van der Waals surface area contributed by atoms with Gasteiger partial charge in [-0.3, -0.25) is 9.36 Å². The van der Waals surface area contributed by atoms with Crippen LogP contribution in [0.25, 0.3) is 11.4 Å². The second kappa shape index (κ2) is 8.99. The first-order valence-electron chi connectivity index (χ1n) is 8.82. The van der Waals surface area contributed by atoms with E-state index in [1.165, 1.54) is 30.8 Å². The molecule has 1 atom stereocenters. The lowest BCUT2D eigenvalue weighted by Gasteiger charge is -2.14. The smallest absolute Gasteiger partial charge is 0.192 e. The lowest BCUT2D eigenvalue weighted by atomic mass is 10.2. The van der Waals surface area contributed by atoms with Gasteiger partial charge in [-0.2, -0.15) is 5.26 Å². The molecule has 1 fully saturated rings. The molecule has 0 spiro atoms. The number of nitrogens with zero attached hydrogens (tertiary/aromatic N) is 4. The minimum absolute atomic E-state index is 0.0184. The number of carbonyl (C=O) groups excluding carboxylic acids is 1. The van der Waals surface area contributed by atoms with Crippen LogP contribution in [0.1, 0.15) is 19.8 Å². The summed E-state index contributed by atoms with van der Waals surface area (Å²) >= 11 is 1.19. The molecule has 2 heterocycles. The second-order valence-corrected chi connectivity index (χ2v) is 7.38. The van der Waals surface area contributed by atoms with Crippen molar-refractivity contribution in [3.63, 3.8) is 0 Å². The SMILES string of the molecule is C/C(N)=C(\C#N)C(=O)CSc1nnc(-c2ccc(F)cc2)n1CC1CCCO1. The molecule has 0 amide bonds. The van der Waals surface area contributed by atoms with E-state index in [2.05, 4.69) is 10.2 Å². The van der Waals surface area contributed by atoms with Crippen molar-refractivity contribution in [3.05, 3.63) is 41.4 Å². The molecule has 1 aromatic heterocycles. The van der Waals surface area contributed by atoms with E-state index in [9.17, 15) is 9.18 Å². The summed E-state index contributed by atoms with van der Waals surface area (Å²) in [6, 6.07) is 7.85. The predicted molar refractivity (Wildman–Crippen MR) is 103 cm³/mol. The molecule has 7 nitrogen and oxygen atoms in total. The number of thioether (sulfide) groups is 1. The van der Waals surface area contributed by atoms with E-state index in [4.69, 9.17) is 15.7 Å². The number of hydrogen-bond donors (Lipinski definition) is 1. The molecule has 2 aromatic rings. The number of carbonyl (C=O) groups is 1. The fraction of sp³-hybridized carbons (Fsp3) is 0.368. The van der Waals surface area contributed by atoms with Gasteiger partial charge in [0.05, 0.1) is 18.4 Å². The molecule has 1 aliphatic rings. The van der Waals surface area contributed by atoms with Crippen molar-refractivity contribution in [2.45, 2.75) is 37.6 Å². The van der Waals surface area contributed by atoms with Gasteiger partial charge >= 0.3 is 0 Å². The van der Waals surface area contributed by atoms with Crippen LogP contribution in [-0.4, -0.2) is 39.0 Å². The Morgan fingerprint density at radius 3 is 2.79 bits per heavy atom. The van der Waals surface area contributed by atoms with Gasteiger partial charge in [0, 0.05) is 17.9 Å². The van der Waals surface area contributed by atoms with Gasteiger partial charge in [0.2, 0.25) is 0 Å². The predicted octanol–water partition coefficient (Wildman–Crippen LogP) is 2.68. The van der Waals surface area contributed by atoms with Crippen LogP contribution < -0.4 is 5.73 Å². The highest BCUT2D eigenvalue weighted by atomic mass is 32.2. The van der Waals surface area contributed by atoms with Crippen molar-refractivity contribution in [2.24, 2.45) is 5.73 Å². The third-order valence-electron chi connectivity index (χ3n) is 4.35. The van der Waals surface area contributed by atoms with E-state index in [1.54, 1.807) is 12.1 Å². The quantitative estimate of drug-likeness (QED) is 0.432. The molecule has 28 heavy (non-hydrogen) atoms. The number of allylic oxidation sites excluding steroid dienone is 2. The Bertz CT molecular complexity index is 923. The topological polar surface area (TPSA) is 107 Å². The third kappa shape index (κ3) is 4.58. The number of aromatic nitrogens is 3. The summed E-state index contributed by atoms with van der Waals surface area (Å²) in [5.41, 5.74) is 6.47. The molecule has 0 aliphatic carbocycles. The zero-order valence-electron chi connectivity index (χ0n) is 15.4. The van der Waals surface area contributed by atoms with E-state index >= 15 is 0 Å². The van der Waals surface area contributed by atoms with Crippen LogP contribution in [0, 0.1) is 17.1 Å². The first kappa shape index (κ1) is 20.0. The molecule has 0 radical (unpaired) electrons. The number of nitrogens with two attached hydrogens (primary N) is 1. The number of rotatable bonds is 7. The molecule has 1 saturated heterocycles. The summed E-state index contributed by atoms with van der Waals surface area (Å²) in [4.78, 5) is 12.3. The van der Waals surface area contributed by atoms with Crippen molar-refractivity contribution >= 4 is 17.5 Å². The molecule has 1 aliphatic heterocycles. The summed E-state index contributed by atoms with van der Waals surface area (Å²) in [7, 11) is 0. The highest BCUT2D eigenvalue weighted by Crippen LogP contribution is 2.27. The lowest BCUT2D eigenvalue weighted by Crippen LogP contribution is -2.17. The standard InChI is InChI=1S/C19H20FN5O2S/c1-12(22)16(9-21)17(26)11-28-19-24-23-18(13-4-6-14(20)7-5-13)25(19)10-15-3-2-8-27-15/h4-7,15H,2-3,8,10-11,22H2,1H3/b16-12-. The minimum atomic E-state index is -0.359. The molecule has 0 bridgehead atoms. The Morgan fingerprint density at radius 1 is 1.43 bits per heavy atom. The van der Waals surface area contributed by atoms with Crippen LogP contribution in [0.2, 0.25) is 0 Å². The van der Waals surface area contributed by atoms with E-state index in [0.717, 1.165) is 18.4 Å². The van der Waals surface area contributed by atoms with Gasteiger partial charge < -0.3 is 10.5 Å². The Balaban J connectivity index is 1.86. The van der Waals surface area contributed by atoms with Crippen molar-refractivity contribution < 1.29 is 13.9 Å². The van der Waals surface area contributed by atoms with Crippen molar-refractivity contribution in [1.29, 1.82) is 5.26 Å². The molecule has 146 valence electrons. The van der Waals surface area contributed by atoms with E-state index in [0.29, 0.717) is 24.1 Å². The summed E-state index contributed by atoms with van der Waals surface area (Å²) in [6.45, 7) is 2.77. The monoisotopic (exact) mass is 401 g/mol. The van der Waals surface area contributed by atoms with Crippen molar-refractivity contribution in [3.8, 4) is 17.5 Å². The van der Waals surface area contributed by atoms with Crippen LogP contribution in [0.5, 0.6) is 0 Å². The Morgan fingerprint density at radius 2 is 2.18 bits per heavy atom. The number of halogens is 1. The molecular weight excluding hydrogens is 381 g/mol. The first-order chi connectivity index (χ1) is 13.5.